The van der Waals surface area contributed by atoms with Crippen molar-refractivity contribution in [2.75, 3.05) is 11.4 Å². The van der Waals surface area contributed by atoms with Crippen molar-refractivity contribution < 1.29 is 9.90 Å². The van der Waals surface area contributed by atoms with Crippen LogP contribution in [-0.4, -0.2) is 17.6 Å². The second-order valence-electron chi connectivity index (χ2n) is 4.82. The second-order valence-corrected chi connectivity index (χ2v) is 5.67. The van der Waals surface area contributed by atoms with E-state index in [0.717, 1.165) is 16.8 Å². The Bertz CT molecular complexity index is 658. The maximum absolute atomic E-state index is 11.1. The lowest BCUT2D eigenvalue weighted by Crippen LogP contribution is -2.29. The van der Waals surface area contributed by atoms with Crippen LogP contribution in [0.15, 0.2) is 42.5 Å². The van der Waals surface area contributed by atoms with E-state index in [1.54, 1.807) is 23.1 Å². The van der Waals surface area contributed by atoms with Gasteiger partial charge in [-0.1, -0.05) is 41.4 Å². The summed E-state index contributed by atoms with van der Waals surface area (Å²) >= 11 is 12.2. The van der Waals surface area contributed by atoms with Crippen LogP contribution in [-0.2, 0) is 11.3 Å². The van der Waals surface area contributed by atoms with Crippen molar-refractivity contribution in [2.45, 2.75) is 13.5 Å². The molecule has 1 N–H and O–H groups in total. The van der Waals surface area contributed by atoms with Gasteiger partial charge in [0.05, 0.1) is 0 Å². The van der Waals surface area contributed by atoms with E-state index >= 15 is 0 Å². The normalized spacial score (nSPS) is 10.4. The fourth-order valence-electron chi connectivity index (χ4n) is 2.06. The van der Waals surface area contributed by atoms with Gasteiger partial charge in [0.2, 0.25) is 0 Å². The predicted molar refractivity (Wildman–Crippen MR) is 86.3 cm³/mol. The Hall–Kier alpha value is -1.71. The number of aliphatic carboxylic acids is 1. The predicted octanol–water partition coefficient (Wildman–Crippen LogP) is 4.39. The summed E-state index contributed by atoms with van der Waals surface area (Å²) in [6, 6.07) is 12.9. The van der Waals surface area contributed by atoms with Crippen LogP contribution >= 0.6 is 23.2 Å². The highest BCUT2D eigenvalue weighted by molar-refractivity contribution is 6.31. The first-order chi connectivity index (χ1) is 9.95. The van der Waals surface area contributed by atoms with E-state index in [4.69, 9.17) is 28.3 Å². The molecule has 0 aliphatic rings. The van der Waals surface area contributed by atoms with E-state index in [1.165, 1.54) is 0 Å². The van der Waals surface area contributed by atoms with Crippen LogP contribution in [0.3, 0.4) is 0 Å². The summed E-state index contributed by atoms with van der Waals surface area (Å²) in [6.45, 7) is 2.25. The van der Waals surface area contributed by atoms with Crippen LogP contribution in [0.2, 0.25) is 10.0 Å². The molecule has 0 unspecified atom stereocenters. The van der Waals surface area contributed by atoms with Crippen LogP contribution < -0.4 is 4.90 Å². The van der Waals surface area contributed by atoms with Gasteiger partial charge in [-0.15, -0.1) is 0 Å². The molecule has 0 heterocycles. The molecule has 0 aliphatic heterocycles. The molecule has 0 radical (unpaired) electrons. The zero-order chi connectivity index (χ0) is 15.4. The van der Waals surface area contributed by atoms with Crippen molar-refractivity contribution >= 4 is 34.9 Å². The highest BCUT2D eigenvalue weighted by Crippen LogP contribution is 2.24. The molecule has 0 aliphatic carbocycles. The van der Waals surface area contributed by atoms with Gasteiger partial charge in [-0.2, -0.15) is 0 Å². The molecule has 0 amide bonds. The summed E-state index contributed by atoms with van der Waals surface area (Å²) in [5.41, 5.74) is 2.70. The van der Waals surface area contributed by atoms with Crippen LogP contribution in [0.1, 0.15) is 11.1 Å². The number of anilines is 1. The lowest BCUT2D eigenvalue weighted by Gasteiger charge is -2.24. The van der Waals surface area contributed by atoms with E-state index in [-0.39, 0.29) is 6.54 Å². The van der Waals surface area contributed by atoms with E-state index in [0.29, 0.717) is 16.6 Å². The molecule has 110 valence electrons. The number of hydrogen-bond donors (Lipinski definition) is 1. The van der Waals surface area contributed by atoms with Crippen molar-refractivity contribution in [1.82, 2.24) is 0 Å². The van der Waals surface area contributed by atoms with Gasteiger partial charge in [0.1, 0.15) is 6.54 Å². The summed E-state index contributed by atoms with van der Waals surface area (Å²) in [4.78, 5) is 12.8. The molecule has 0 atom stereocenters. The molecule has 0 saturated carbocycles. The molecule has 0 fully saturated rings. The third-order valence-electron chi connectivity index (χ3n) is 3.07. The van der Waals surface area contributed by atoms with Gasteiger partial charge in [-0.25, -0.2) is 0 Å². The van der Waals surface area contributed by atoms with Gasteiger partial charge in [0.25, 0.3) is 0 Å². The van der Waals surface area contributed by atoms with Gasteiger partial charge < -0.3 is 10.0 Å². The standard InChI is InChI=1S/C16H15Cl2NO2/c1-11-5-6-12(15(18)7-11)9-19(10-16(20)21)14-4-2-3-13(17)8-14/h2-8H,9-10H2,1H3,(H,20,21). The third-order valence-corrected chi connectivity index (χ3v) is 3.66. The molecule has 0 bridgehead atoms. The SMILES string of the molecule is Cc1ccc(CN(CC(=O)O)c2cccc(Cl)c2)c(Cl)c1. The number of nitrogens with zero attached hydrogens (tertiary/aromatic N) is 1. The first-order valence-electron chi connectivity index (χ1n) is 6.43. The van der Waals surface area contributed by atoms with Gasteiger partial charge in [0, 0.05) is 22.3 Å². The molecule has 0 saturated heterocycles. The van der Waals surface area contributed by atoms with Crippen molar-refractivity contribution in [2.24, 2.45) is 0 Å². The second kappa shape index (κ2) is 6.83. The summed E-state index contributed by atoms with van der Waals surface area (Å²) in [7, 11) is 0. The molecular weight excluding hydrogens is 309 g/mol. The number of aryl methyl sites for hydroxylation is 1. The van der Waals surface area contributed by atoms with Gasteiger partial charge in [-0.05, 0) is 42.3 Å². The van der Waals surface area contributed by atoms with Crippen molar-refractivity contribution in [3.8, 4) is 0 Å². The third kappa shape index (κ3) is 4.38. The number of rotatable bonds is 5. The van der Waals surface area contributed by atoms with Crippen molar-refractivity contribution in [3.05, 3.63) is 63.6 Å². The molecule has 2 rings (SSSR count). The van der Waals surface area contributed by atoms with Gasteiger partial charge >= 0.3 is 5.97 Å². The highest BCUT2D eigenvalue weighted by Gasteiger charge is 2.13. The topological polar surface area (TPSA) is 40.5 Å². The molecule has 0 spiro atoms. The number of carboxylic acids is 1. The largest absolute Gasteiger partial charge is 0.480 e. The zero-order valence-corrected chi connectivity index (χ0v) is 13.0. The molecule has 2 aromatic rings. The Morgan fingerprint density at radius 1 is 1.19 bits per heavy atom. The maximum atomic E-state index is 11.1. The molecule has 2 aromatic carbocycles. The quantitative estimate of drug-likeness (QED) is 0.886. The minimum Gasteiger partial charge on any atom is -0.480 e. The van der Waals surface area contributed by atoms with Gasteiger partial charge in [-0.3, -0.25) is 4.79 Å². The van der Waals surface area contributed by atoms with Crippen LogP contribution in [0.4, 0.5) is 5.69 Å². The first-order valence-corrected chi connectivity index (χ1v) is 7.18. The Balaban J connectivity index is 2.30. The van der Waals surface area contributed by atoms with Crippen LogP contribution in [0.25, 0.3) is 0 Å². The lowest BCUT2D eigenvalue weighted by atomic mass is 10.1. The average molecular weight is 324 g/mol. The summed E-state index contributed by atoms with van der Waals surface area (Å²) in [6.07, 6.45) is 0. The number of halogens is 2. The average Bonchev–Trinajstić information content (AvgIpc) is 2.40. The van der Waals surface area contributed by atoms with E-state index < -0.39 is 5.97 Å². The monoisotopic (exact) mass is 323 g/mol. The zero-order valence-electron chi connectivity index (χ0n) is 11.5. The summed E-state index contributed by atoms with van der Waals surface area (Å²) < 4.78 is 0. The van der Waals surface area contributed by atoms with Gasteiger partial charge in [0.15, 0.2) is 0 Å². The summed E-state index contributed by atoms with van der Waals surface area (Å²) in [5, 5.41) is 10.3. The maximum Gasteiger partial charge on any atom is 0.323 e. The fourth-order valence-corrected chi connectivity index (χ4v) is 2.54. The van der Waals surface area contributed by atoms with Crippen LogP contribution in [0.5, 0.6) is 0 Å². The number of benzene rings is 2. The minimum atomic E-state index is -0.904. The summed E-state index contributed by atoms with van der Waals surface area (Å²) in [5.74, 6) is -0.904. The van der Waals surface area contributed by atoms with E-state index in [1.807, 2.05) is 31.2 Å². The first kappa shape index (κ1) is 15.7. The number of carboxylic acid groups (broad SMARTS) is 1. The Kier molecular flexibility index (Phi) is 5.10. The van der Waals surface area contributed by atoms with Crippen LogP contribution in [0, 0.1) is 6.92 Å². The number of hydrogen-bond acceptors (Lipinski definition) is 2. The smallest absolute Gasteiger partial charge is 0.323 e. The van der Waals surface area contributed by atoms with Crippen molar-refractivity contribution in [1.29, 1.82) is 0 Å². The molecule has 5 heteroatoms. The minimum absolute atomic E-state index is 0.120. The van der Waals surface area contributed by atoms with E-state index in [2.05, 4.69) is 0 Å². The van der Waals surface area contributed by atoms with Crippen molar-refractivity contribution in [3.63, 3.8) is 0 Å². The molecular formula is C16H15Cl2NO2. The molecule has 3 nitrogen and oxygen atoms in total. The lowest BCUT2D eigenvalue weighted by molar-refractivity contribution is -0.135. The molecule has 21 heavy (non-hydrogen) atoms. The Labute approximate surface area is 133 Å². The Morgan fingerprint density at radius 3 is 2.57 bits per heavy atom. The Morgan fingerprint density at radius 2 is 1.95 bits per heavy atom. The fraction of sp³-hybridized carbons (Fsp3) is 0.188. The molecule has 0 aromatic heterocycles. The van der Waals surface area contributed by atoms with E-state index in [9.17, 15) is 4.79 Å². The highest BCUT2D eigenvalue weighted by atomic mass is 35.5. The number of carbonyl (C=O) groups is 1.